The summed E-state index contributed by atoms with van der Waals surface area (Å²) in [5.41, 5.74) is 0. The highest BCUT2D eigenvalue weighted by Gasteiger charge is 2.17. The second kappa shape index (κ2) is 11.5. The molecule has 0 saturated carbocycles. The maximum Gasteiger partial charge on any atom is 0.335 e. The van der Waals surface area contributed by atoms with E-state index in [2.05, 4.69) is 19.6 Å². The smallest absolute Gasteiger partial charge is 0.335 e. The zero-order valence-corrected chi connectivity index (χ0v) is 14.0. The van der Waals surface area contributed by atoms with Gasteiger partial charge < -0.3 is 14.9 Å². The second-order valence-corrected chi connectivity index (χ2v) is 12.8. The lowest BCUT2D eigenvalue weighted by atomic mass is 10.8. The fraction of sp³-hybridized carbons (Fsp3) is 0.700. The molecule has 2 N–H and O–H groups in total. The highest BCUT2D eigenvalue weighted by atomic mass is 28.4. The van der Waals surface area contributed by atoms with E-state index in [0.29, 0.717) is 6.21 Å². The molecule has 0 unspecified atom stereocenters. The zero-order valence-electron chi connectivity index (χ0n) is 11.8. The Kier molecular flexibility index (Phi) is 14.5. The Balaban J connectivity index is -0.000000205. The van der Waals surface area contributed by atoms with E-state index in [1.54, 1.807) is 0 Å². The van der Waals surface area contributed by atoms with Crippen LogP contribution in [0, 0.1) is 5.41 Å². The van der Waals surface area contributed by atoms with Crippen molar-refractivity contribution in [1.82, 2.24) is 0 Å². The van der Waals surface area contributed by atoms with Crippen LogP contribution in [-0.4, -0.2) is 40.4 Å². The Morgan fingerprint density at radius 1 is 1.24 bits per heavy atom. The van der Waals surface area contributed by atoms with Crippen LogP contribution < -0.4 is 0 Å². The van der Waals surface area contributed by atoms with E-state index in [4.69, 9.17) is 19.7 Å². The fourth-order valence-corrected chi connectivity index (χ4v) is 0.994. The number of carboxylic acids is 1. The van der Waals surface area contributed by atoms with Crippen LogP contribution in [0.15, 0.2) is 0 Å². The van der Waals surface area contributed by atoms with Crippen LogP contribution in [0.25, 0.3) is 0 Å². The Hall–Kier alpha value is -0.956. The van der Waals surface area contributed by atoms with Crippen molar-refractivity contribution in [2.75, 3.05) is 0 Å². The van der Waals surface area contributed by atoms with Crippen molar-refractivity contribution >= 4 is 35.3 Å². The third kappa shape index (κ3) is 70.1. The van der Waals surface area contributed by atoms with Crippen molar-refractivity contribution in [2.45, 2.75) is 46.2 Å². The molecule has 102 valence electrons. The fourth-order valence-electron chi connectivity index (χ4n) is 0.331. The number of carbonyl (C=O) groups is 2. The molecule has 0 saturated heterocycles. The molecule has 0 spiro atoms. The van der Waals surface area contributed by atoms with Gasteiger partial charge in [-0.15, -0.1) is 0 Å². The summed E-state index contributed by atoms with van der Waals surface area (Å²) in [7, 11) is -1.88. The predicted molar refractivity (Wildman–Crippen MR) is 76.3 cm³/mol. The molecular formula is C10H25NO4Si2. The predicted octanol–water partition coefficient (Wildman–Crippen LogP) is 2.21. The van der Waals surface area contributed by atoms with Gasteiger partial charge in [-0.05, 0) is 19.6 Å². The van der Waals surface area contributed by atoms with E-state index in [0.717, 1.165) is 6.92 Å². The molecule has 17 heavy (non-hydrogen) atoms. The van der Waals surface area contributed by atoms with Gasteiger partial charge in [-0.1, -0.05) is 19.6 Å². The minimum Gasteiger partial charge on any atom is -0.516 e. The average molecular weight is 279 g/mol. The molecule has 5 nitrogen and oxygen atoms in total. The minimum absolute atomic E-state index is 0.139. The van der Waals surface area contributed by atoms with Gasteiger partial charge in [-0.2, -0.15) is 0 Å². The molecule has 0 fully saturated rings. The summed E-state index contributed by atoms with van der Waals surface area (Å²) in [6.07, 6.45) is 0.693. The Morgan fingerprint density at radius 2 is 1.47 bits per heavy atom. The van der Waals surface area contributed by atoms with Crippen LogP contribution in [0.4, 0.5) is 0 Å². The van der Waals surface area contributed by atoms with Gasteiger partial charge in [0.15, 0.2) is 0 Å². The summed E-state index contributed by atoms with van der Waals surface area (Å²) in [4.78, 5) is 19.4. The Morgan fingerprint density at radius 3 is 1.53 bits per heavy atom. The number of aliphatic carboxylic acids is 1. The van der Waals surface area contributed by atoms with Crippen molar-refractivity contribution in [2.24, 2.45) is 0 Å². The molecule has 0 aliphatic heterocycles. The monoisotopic (exact) mass is 279 g/mol. The lowest BCUT2D eigenvalue weighted by Crippen LogP contribution is -2.29. The standard InChI is InChI=1S/C5H11NO2Si.C3H10Si.C2H4O2/c1-9(2,3)8-5(7)4-6;1-4(2)3;1-2(3)4/h4,6H,1-3H3;4H,1-3H3;1H3,(H,3,4). The van der Waals surface area contributed by atoms with Gasteiger partial charge in [0.05, 0.1) is 0 Å². The molecule has 0 radical (unpaired) electrons. The molecule has 7 heteroatoms. The van der Waals surface area contributed by atoms with Crippen LogP contribution in [0.3, 0.4) is 0 Å². The van der Waals surface area contributed by atoms with Crippen molar-refractivity contribution in [3.63, 3.8) is 0 Å². The van der Waals surface area contributed by atoms with E-state index in [-0.39, 0.29) is 8.80 Å². The minimum atomic E-state index is -1.74. The summed E-state index contributed by atoms with van der Waals surface area (Å²) >= 11 is 0. The lowest BCUT2D eigenvalue weighted by Gasteiger charge is -2.14. The highest BCUT2D eigenvalue weighted by Crippen LogP contribution is 2.00. The van der Waals surface area contributed by atoms with Gasteiger partial charge in [0.1, 0.15) is 6.21 Å². The maximum atomic E-state index is 10.4. The maximum absolute atomic E-state index is 10.4. The van der Waals surface area contributed by atoms with Crippen molar-refractivity contribution in [3.05, 3.63) is 0 Å². The molecule has 0 heterocycles. The van der Waals surface area contributed by atoms with E-state index in [1.165, 1.54) is 0 Å². The van der Waals surface area contributed by atoms with E-state index < -0.39 is 20.3 Å². The van der Waals surface area contributed by atoms with Gasteiger partial charge in [0, 0.05) is 15.7 Å². The van der Waals surface area contributed by atoms with Crippen LogP contribution >= 0.6 is 0 Å². The number of hydrogen-bond acceptors (Lipinski definition) is 4. The summed E-state index contributed by atoms with van der Waals surface area (Å²) in [5, 5.41) is 13.9. The van der Waals surface area contributed by atoms with Crippen molar-refractivity contribution in [3.8, 4) is 0 Å². The summed E-state index contributed by atoms with van der Waals surface area (Å²) < 4.78 is 4.84. The third-order valence-electron chi connectivity index (χ3n) is 0.525. The van der Waals surface area contributed by atoms with Gasteiger partial charge in [-0.3, -0.25) is 4.79 Å². The lowest BCUT2D eigenvalue weighted by molar-refractivity contribution is -0.134. The molecule has 0 amide bonds. The van der Waals surface area contributed by atoms with Crippen LogP contribution in [-0.2, 0) is 14.0 Å². The van der Waals surface area contributed by atoms with Crippen LogP contribution in [0.2, 0.25) is 39.3 Å². The van der Waals surface area contributed by atoms with Crippen molar-refractivity contribution in [1.29, 1.82) is 5.41 Å². The first-order chi connectivity index (χ1) is 7.42. The average Bonchev–Trinajstić information content (AvgIpc) is 1.98. The van der Waals surface area contributed by atoms with E-state index in [1.807, 2.05) is 19.6 Å². The summed E-state index contributed by atoms with van der Waals surface area (Å²) in [6, 6.07) is 0. The van der Waals surface area contributed by atoms with Crippen LogP contribution in [0.5, 0.6) is 0 Å². The van der Waals surface area contributed by atoms with E-state index >= 15 is 0 Å². The number of carbonyl (C=O) groups excluding carboxylic acids is 1. The molecular weight excluding hydrogens is 254 g/mol. The molecule has 0 aliphatic carbocycles. The second-order valence-electron chi connectivity index (χ2n) is 4.93. The first-order valence-electron chi connectivity index (χ1n) is 5.35. The number of hydrogen-bond donors (Lipinski definition) is 2. The summed E-state index contributed by atoms with van der Waals surface area (Å²) in [5.74, 6) is -1.37. The Labute approximate surface area is 106 Å². The molecule has 0 bridgehead atoms. The molecule has 0 aliphatic rings. The molecule has 0 aromatic carbocycles. The number of carboxylic acid groups (broad SMARTS) is 1. The largest absolute Gasteiger partial charge is 0.516 e. The molecule has 0 atom stereocenters. The number of nitrogens with one attached hydrogen (secondary N) is 1. The molecule has 0 aromatic rings. The molecule has 0 aromatic heterocycles. The van der Waals surface area contributed by atoms with Crippen molar-refractivity contribution < 1.29 is 19.1 Å². The Bertz CT molecular complexity index is 230. The topological polar surface area (TPSA) is 87.5 Å². The number of rotatable bonds is 2. The first kappa shape index (κ1) is 21.3. The van der Waals surface area contributed by atoms with Gasteiger partial charge in [0.2, 0.25) is 8.32 Å². The van der Waals surface area contributed by atoms with Gasteiger partial charge >= 0.3 is 5.97 Å². The SMILES string of the molecule is CC(=O)O.C[SiH](C)C.C[Si](C)(C)OC(=O)C=N. The quantitative estimate of drug-likeness (QED) is 0.599. The highest BCUT2D eigenvalue weighted by molar-refractivity contribution is 6.72. The third-order valence-corrected chi connectivity index (χ3v) is 1.34. The first-order valence-corrected chi connectivity index (χ1v) is 12.2. The normalized spacial score (nSPS) is 9.18. The van der Waals surface area contributed by atoms with Gasteiger partial charge in [0.25, 0.3) is 5.97 Å². The van der Waals surface area contributed by atoms with Gasteiger partial charge in [-0.25, -0.2) is 4.79 Å². The summed E-state index contributed by atoms with van der Waals surface area (Å²) in [6.45, 7) is 13.7. The molecule has 0 rings (SSSR count). The van der Waals surface area contributed by atoms with Crippen LogP contribution in [0.1, 0.15) is 6.92 Å². The van der Waals surface area contributed by atoms with E-state index in [9.17, 15) is 4.79 Å². The zero-order chi connectivity index (χ0) is 14.6.